The summed E-state index contributed by atoms with van der Waals surface area (Å²) in [5.41, 5.74) is 0. The van der Waals surface area contributed by atoms with Crippen LogP contribution in [0.4, 0.5) is 13.2 Å². The van der Waals surface area contributed by atoms with Gasteiger partial charge in [0.05, 0.1) is 6.54 Å². The monoisotopic (exact) mass is 315 g/mol. The lowest BCUT2D eigenvalue weighted by Crippen LogP contribution is -2.51. The van der Waals surface area contributed by atoms with Crippen LogP contribution in [0.5, 0.6) is 0 Å². The summed E-state index contributed by atoms with van der Waals surface area (Å²) in [5, 5.41) is 13.6. The molecule has 0 aliphatic carbocycles. The molecule has 0 saturated heterocycles. The highest BCUT2D eigenvalue weighted by molar-refractivity contribution is 7.87. The number of nitrogens with zero attached hydrogens (tertiary/aromatic N) is 1. The lowest BCUT2D eigenvalue weighted by molar-refractivity contribution is -0.207. The third-order valence-electron chi connectivity index (χ3n) is 2.31. The molecule has 0 bridgehead atoms. The minimum atomic E-state index is -4.85. The zero-order valence-corrected chi connectivity index (χ0v) is 10.7. The van der Waals surface area contributed by atoms with Gasteiger partial charge in [-0.25, -0.2) is 9.86 Å². The lowest BCUT2D eigenvalue weighted by Gasteiger charge is -2.31. The summed E-state index contributed by atoms with van der Waals surface area (Å²) in [7, 11) is -4.32. The molecule has 1 heterocycles. The zero-order valence-electron chi connectivity index (χ0n) is 9.91. The summed E-state index contributed by atoms with van der Waals surface area (Å²) in [6.45, 7) is -0.924. The molecule has 7 nitrogen and oxygen atoms in total. The van der Waals surface area contributed by atoms with Crippen molar-refractivity contribution in [2.24, 2.45) is 5.14 Å². The number of carbonyl (C=O) groups is 1. The molecule has 0 aromatic rings. The molecule has 0 aromatic heterocycles. The molecule has 2 atom stereocenters. The lowest BCUT2D eigenvalue weighted by atomic mass is 10.1. The van der Waals surface area contributed by atoms with E-state index < -0.39 is 41.0 Å². The number of amides is 1. The van der Waals surface area contributed by atoms with Crippen LogP contribution in [0.25, 0.3) is 0 Å². The van der Waals surface area contributed by atoms with Crippen molar-refractivity contribution in [3.05, 3.63) is 24.4 Å². The number of nitrogens with two attached hydrogens (primary N) is 1. The molecule has 0 aromatic carbocycles. The SMILES string of the molecule is NS(=O)(=O)NC(=O)C1C=CC=CN1CC(O)C(F)(F)F. The Balaban J connectivity index is 2.81. The van der Waals surface area contributed by atoms with Gasteiger partial charge in [0.1, 0.15) is 6.04 Å². The topological polar surface area (TPSA) is 113 Å². The van der Waals surface area contributed by atoms with E-state index in [1.165, 1.54) is 23.0 Å². The van der Waals surface area contributed by atoms with Crippen molar-refractivity contribution in [3.63, 3.8) is 0 Å². The number of β-amino-alcohol motifs (C(OH)–C–C–N with tert-alkyl or cyclic N) is 1. The molecule has 0 saturated carbocycles. The third-order valence-corrected chi connectivity index (χ3v) is 2.80. The van der Waals surface area contributed by atoms with Crippen LogP contribution >= 0.6 is 0 Å². The Hall–Kier alpha value is -1.59. The molecular formula is C9H12F3N3O4S. The number of carbonyl (C=O) groups excluding carboxylic acids is 1. The van der Waals surface area contributed by atoms with Gasteiger partial charge in [-0.2, -0.15) is 21.6 Å². The molecule has 1 aliphatic rings. The van der Waals surface area contributed by atoms with Crippen molar-refractivity contribution in [2.75, 3.05) is 6.54 Å². The normalized spacial score (nSPS) is 20.9. The van der Waals surface area contributed by atoms with Crippen molar-refractivity contribution in [3.8, 4) is 0 Å². The average molecular weight is 315 g/mol. The van der Waals surface area contributed by atoms with Gasteiger partial charge in [0.2, 0.25) is 0 Å². The molecule has 0 fully saturated rings. The van der Waals surface area contributed by atoms with Crippen molar-refractivity contribution >= 4 is 16.1 Å². The van der Waals surface area contributed by atoms with E-state index in [-0.39, 0.29) is 0 Å². The van der Waals surface area contributed by atoms with Gasteiger partial charge in [0.25, 0.3) is 16.1 Å². The average Bonchev–Trinajstić information content (AvgIpc) is 2.25. The standard InChI is InChI=1S/C9H12F3N3O4S/c10-9(11,12)7(16)5-15-4-2-1-3-6(15)8(17)14-20(13,18)19/h1-4,6-7,16H,5H2,(H,14,17)(H2,13,18,19). The highest BCUT2D eigenvalue weighted by Crippen LogP contribution is 2.22. The molecule has 20 heavy (non-hydrogen) atoms. The molecule has 1 rings (SSSR count). The van der Waals surface area contributed by atoms with Crippen LogP contribution in [-0.4, -0.2) is 49.2 Å². The fraction of sp³-hybridized carbons (Fsp3) is 0.444. The fourth-order valence-corrected chi connectivity index (χ4v) is 1.85. The van der Waals surface area contributed by atoms with Crippen LogP contribution in [-0.2, 0) is 15.0 Å². The first kappa shape index (κ1) is 16.5. The quantitative estimate of drug-likeness (QED) is 0.615. The maximum Gasteiger partial charge on any atom is 0.416 e. The Bertz CT molecular complexity index is 529. The summed E-state index contributed by atoms with van der Waals surface area (Å²) < 4.78 is 59.7. The zero-order chi connectivity index (χ0) is 15.6. The van der Waals surface area contributed by atoms with Crippen LogP contribution in [0.1, 0.15) is 0 Å². The van der Waals surface area contributed by atoms with Gasteiger partial charge < -0.3 is 10.0 Å². The van der Waals surface area contributed by atoms with E-state index in [1.807, 2.05) is 0 Å². The molecule has 2 unspecified atom stereocenters. The molecule has 114 valence electrons. The summed E-state index contributed by atoms with van der Waals surface area (Å²) in [6, 6.07) is -1.32. The largest absolute Gasteiger partial charge is 0.416 e. The second kappa shape index (κ2) is 5.81. The van der Waals surface area contributed by atoms with Crippen molar-refractivity contribution < 1.29 is 31.5 Å². The number of hydrogen-bond acceptors (Lipinski definition) is 5. The van der Waals surface area contributed by atoms with Gasteiger partial charge >= 0.3 is 6.18 Å². The van der Waals surface area contributed by atoms with E-state index in [0.717, 1.165) is 11.1 Å². The van der Waals surface area contributed by atoms with Crippen molar-refractivity contribution in [2.45, 2.75) is 18.3 Å². The Labute approximate surface area is 112 Å². The van der Waals surface area contributed by atoms with Crippen molar-refractivity contribution in [1.82, 2.24) is 9.62 Å². The minimum Gasteiger partial charge on any atom is -0.382 e. The molecule has 4 N–H and O–H groups in total. The first-order chi connectivity index (χ1) is 9.00. The Morgan fingerprint density at radius 2 is 2.05 bits per heavy atom. The Morgan fingerprint density at radius 1 is 1.45 bits per heavy atom. The van der Waals surface area contributed by atoms with Crippen LogP contribution in [0, 0.1) is 0 Å². The van der Waals surface area contributed by atoms with Gasteiger partial charge in [-0.1, -0.05) is 12.2 Å². The van der Waals surface area contributed by atoms with E-state index in [0.29, 0.717) is 0 Å². The number of rotatable bonds is 4. The number of aliphatic hydroxyl groups is 1. The molecule has 11 heteroatoms. The number of nitrogens with one attached hydrogen (secondary N) is 1. The molecular weight excluding hydrogens is 303 g/mol. The summed E-state index contributed by atoms with van der Waals surface area (Å²) in [5.74, 6) is -1.12. The van der Waals surface area contributed by atoms with Crippen LogP contribution in [0.15, 0.2) is 24.4 Å². The van der Waals surface area contributed by atoms with Gasteiger partial charge in [-0.3, -0.25) is 4.79 Å². The number of aliphatic hydroxyl groups excluding tert-OH is 1. The highest BCUT2D eigenvalue weighted by Gasteiger charge is 2.40. The van der Waals surface area contributed by atoms with Crippen LogP contribution < -0.4 is 9.86 Å². The third kappa shape index (κ3) is 4.83. The predicted octanol–water partition coefficient (Wildman–Crippen LogP) is -1.02. The summed E-state index contributed by atoms with van der Waals surface area (Å²) >= 11 is 0. The van der Waals surface area contributed by atoms with Gasteiger partial charge in [-0.15, -0.1) is 0 Å². The molecule has 0 spiro atoms. The van der Waals surface area contributed by atoms with Gasteiger partial charge in [0.15, 0.2) is 6.10 Å². The smallest absolute Gasteiger partial charge is 0.382 e. The fourth-order valence-electron chi connectivity index (χ4n) is 1.45. The maximum absolute atomic E-state index is 12.3. The van der Waals surface area contributed by atoms with E-state index in [2.05, 4.69) is 5.14 Å². The predicted molar refractivity (Wildman–Crippen MR) is 62.1 cm³/mol. The second-order valence-electron chi connectivity index (χ2n) is 3.94. The van der Waals surface area contributed by atoms with Crippen LogP contribution in [0.3, 0.4) is 0 Å². The first-order valence-electron chi connectivity index (χ1n) is 5.20. The second-order valence-corrected chi connectivity index (χ2v) is 5.23. The number of halogens is 3. The summed E-state index contributed by atoms with van der Waals surface area (Å²) in [6.07, 6.45) is -2.54. The highest BCUT2D eigenvalue weighted by atomic mass is 32.2. The maximum atomic E-state index is 12.3. The Morgan fingerprint density at radius 3 is 2.55 bits per heavy atom. The van der Waals surface area contributed by atoms with E-state index in [4.69, 9.17) is 5.11 Å². The molecule has 1 amide bonds. The summed E-state index contributed by atoms with van der Waals surface area (Å²) in [4.78, 5) is 12.4. The Kier molecular flexibility index (Phi) is 4.78. The van der Waals surface area contributed by atoms with Gasteiger partial charge in [0, 0.05) is 6.20 Å². The van der Waals surface area contributed by atoms with E-state index in [1.54, 1.807) is 0 Å². The van der Waals surface area contributed by atoms with Gasteiger partial charge in [-0.05, 0) is 6.08 Å². The van der Waals surface area contributed by atoms with Crippen LogP contribution in [0.2, 0.25) is 0 Å². The minimum absolute atomic E-state index is 0.846. The number of hydrogen-bond donors (Lipinski definition) is 3. The molecule has 1 aliphatic heterocycles. The molecule has 0 radical (unpaired) electrons. The number of allylic oxidation sites excluding steroid dienone is 2. The van der Waals surface area contributed by atoms with Crippen molar-refractivity contribution in [1.29, 1.82) is 0 Å². The first-order valence-corrected chi connectivity index (χ1v) is 6.75. The van der Waals surface area contributed by atoms with E-state index >= 15 is 0 Å². The number of alkyl halides is 3. The van der Waals surface area contributed by atoms with E-state index in [9.17, 15) is 26.4 Å².